The SMILES string of the molecule is Cc1noc(C)c1Cc1ccc(C(=O)NC2CCCCC2CN(C)C)o1. The van der Waals surface area contributed by atoms with E-state index in [1.54, 1.807) is 6.07 Å². The molecule has 1 aliphatic rings. The summed E-state index contributed by atoms with van der Waals surface area (Å²) < 4.78 is 11.0. The minimum absolute atomic E-state index is 0.120. The molecule has 6 nitrogen and oxygen atoms in total. The molecule has 2 aromatic rings. The summed E-state index contributed by atoms with van der Waals surface area (Å²) in [4.78, 5) is 14.8. The highest BCUT2D eigenvalue weighted by Gasteiger charge is 2.28. The van der Waals surface area contributed by atoms with Gasteiger partial charge in [-0.3, -0.25) is 4.79 Å². The van der Waals surface area contributed by atoms with Gasteiger partial charge in [0.15, 0.2) is 5.76 Å². The van der Waals surface area contributed by atoms with E-state index < -0.39 is 0 Å². The summed E-state index contributed by atoms with van der Waals surface area (Å²) in [6, 6.07) is 3.83. The van der Waals surface area contributed by atoms with E-state index in [-0.39, 0.29) is 11.9 Å². The lowest BCUT2D eigenvalue weighted by molar-refractivity contribution is 0.0865. The van der Waals surface area contributed by atoms with Crippen LogP contribution < -0.4 is 5.32 Å². The highest BCUT2D eigenvalue weighted by Crippen LogP contribution is 2.25. The van der Waals surface area contributed by atoms with Crippen LogP contribution in [-0.4, -0.2) is 42.6 Å². The lowest BCUT2D eigenvalue weighted by atomic mass is 9.84. The highest BCUT2D eigenvalue weighted by atomic mass is 16.5. The van der Waals surface area contributed by atoms with Crippen molar-refractivity contribution in [1.29, 1.82) is 0 Å². The second-order valence-electron chi connectivity index (χ2n) is 7.63. The molecule has 1 aliphatic carbocycles. The Morgan fingerprint density at radius 1 is 1.27 bits per heavy atom. The first-order valence-electron chi connectivity index (χ1n) is 9.40. The molecular weight excluding hydrogens is 330 g/mol. The van der Waals surface area contributed by atoms with E-state index in [9.17, 15) is 4.79 Å². The summed E-state index contributed by atoms with van der Waals surface area (Å²) in [5, 5.41) is 7.16. The van der Waals surface area contributed by atoms with Gasteiger partial charge < -0.3 is 19.2 Å². The van der Waals surface area contributed by atoms with E-state index in [0.29, 0.717) is 18.1 Å². The second kappa shape index (κ2) is 8.08. The quantitative estimate of drug-likeness (QED) is 0.857. The third kappa shape index (κ3) is 4.36. The first kappa shape index (κ1) is 18.7. The number of aromatic nitrogens is 1. The van der Waals surface area contributed by atoms with Crippen molar-refractivity contribution in [2.75, 3.05) is 20.6 Å². The van der Waals surface area contributed by atoms with Gasteiger partial charge in [0.2, 0.25) is 0 Å². The zero-order chi connectivity index (χ0) is 18.7. The van der Waals surface area contributed by atoms with Crippen LogP contribution in [0.3, 0.4) is 0 Å². The van der Waals surface area contributed by atoms with Crippen molar-refractivity contribution >= 4 is 5.91 Å². The van der Waals surface area contributed by atoms with Gasteiger partial charge in [-0.05, 0) is 58.8 Å². The average Bonchev–Trinajstić information content (AvgIpc) is 3.18. The lowest BCUT2D eigenvalue weighted by Gasteiger charge is -2.33. The predicted molar refractivity (Wildman–Crippen MR) is 99.3 cm³/mol. The Morgan fingerprint density at radius 3 is 2.73 bits per heavy atom. The Labute approximate surface area is 154 Å². The fourth-order valence-electron chi connectivity index (χ4n) is 3.85. The molecule has 1 amide bonds. The average molecular weight is 359 g/mol. The molecule has 0 radical (unpaired) electrons. The van der Waals surface area contributed by atoms with Crippen molar-refractivity contribution in [1.82, 2.24) is 15.4 Å². The zero-order valence-corrected chi connectivity index (χ0v) is 16.2. The van der Waals surface area contributed by atoms with Crippen LogP contribution in [0.2, 0.25) is 0 Å². The molecule has 0 aliphatic heterocycles. The number of hydrogen-bond acceptors (Lipinski definition) is 5. The highest BCUT2D eigenvalue weighted by molar-refractivity contribution is 5.91. The molecule has 1 saturated carbocycles. The standard InChI is InChI=1S/C20H29N3O3/c1-13-17(14(2)26-22-13)11-16-9-10-19(25-16)20(24)21-18-8-6-5-7-15(18)12-23(3)4/h9-10,15,18H,5-8,11-12H2,1-4H3,(H,21,24). The van der Waals surface area contributed by atoms with Crippen molar-refractivity contribution in [3.63, 3.8) is 0 Å². The minimum Gasteiger partial charge on any atom is -0.456 e. The topological polar surface area (TPSA) is 71.5 Å². The summed E-state index contributed by atoms with van der Waals surface area (Å²) in [5.41, 5.74) is 1.88. The number of carbonyl (C=O) groups is 1. The second-order valence-corrected chi connectivity index (χ2v) is 7.63. The van der Waals surface area contributed by atoms with Gasteiger partial charge in [0.25, 0.3) is 5.91 Å². The summed E-state index contributed by atoms with van der Waals surface area (Å²) in [7, 11) is 4.17. The summed E-state index contributed by atoms with van der Waals surface area (Å²) in [6.07, 6.45) is 5.20. The number of carbonyl (C=O) groups excluding carboxylic acids is 1. The van der Waals surface area contributed by atoms with Crippen LogP contribution in [0.4, 0.5) is 0 Å². The molecule has 2 atom stereocenters. The van der Waals surface area contributed by atoms with E-state index in [0.717, 1.165) is 35.7 Å². The van der Waals surface area contributed by atoms with Crippen molar-refractivity contribution in [3.8, 4) is 0 Å². The third-order valence-electron chi connectivity index (χ3n) is 5.24. The molecule has 0 spiro atoms. The van der Waals surface area contributed by atoms with Gasteiger partial charge in [0.1, 0.15) is 11.5 Å². The number of amides is 1. The molecule has 2 unspecified atom stereocenters. The van der Waals surface area contributed by atoms with E-state index in [1.807, 2.05) is 19.9 Å². The fourth-order valence-corrected chi connectivity index (χ4v) is 3.85. The molecule has 1 fully saturated rings. The van der Waals surface area contributed by atoms with Crippen LogP contribution in [0.15, 0.2) is 21.1 Å². The van der Waals surface area contributed by atoms with E-state index >= 15 is 0 Å². The van der Waals surface area contributed by atoms with Crippen molar-refractivity contribution in [2.45, 2.75) is 52.0 Å². The molecule has 0 aromatic carbocycles. The van der Waals surface area contributed by atoms with Gasteiger partial charge in [0.05, 0.1) is 5.69 Å². The Morgan fingerprint density at radius 2 is 2.04 bits per heavy atom. The van der Waals surface area contributed by atoms with Crippen molar-refractivity contribution in [2.24, 2.45) is 5.92 Å². The predicted octanol–water partition coefficient (Wildman–Crippen LogP) is 3.33. The Balaban J connectivity index is 1.64. The molecule has 1 N–H and O–H groups in total. The molecular formula is C20H29N3O3. The number of hydrogen-bond donors (Lipinski definition) is 1. The molecule has 3 rings (SSSR count). The monoisotopic (exact) mass is 359 g/mol. The van der Waals surface area contributed by atoms with E-state index in [4.69, 9.17) is 8.94 Å². The van der Waals surface area contributed by atoms with Gasteiger partial charge in [-0.1, -0.05) is 18.0 Å². The molecule has 2 aromatic heterocycles. The first-order valence-corrected chi connectivity index (χ1v) is 9.40. The van der Waals surface area contributed by atoms with Gasteiger partial charge in [-0.2, -0.15) is 0 Å². The fraction of sp³-hybridized carbons (Fsp3) is 0.600. The third-order valence-corrected chi connectivity index (χ3v) is 5.24. The van der Waals surface area contributed by atoms with Gasteiger partial charge in [0, 0.05) is 24.6 Å². The maximum atomic E-state index is 12.6. The molecule has 26 heavy (non-hydrogen) atoms. The smallest absolute Gasteiger partial charge is 0.287 e. The minimum atomic E-state index is -0.120. The number of nitrogens with zero attached hydrogens (tertiary/aromatic N) is 2. The van der Waals surface area contributed by atoms with Crippen LogP contribution in [0, 0.1) is 19.8 Å². The Bertz CT molecular complexity index is 728. The maximum Gasteiger partial charge on any atom is 0.287 e. The molecule has 0 saturated heterocycles. The zero-order valence-electron chi connectivity index (χ0n) is 16.2. The Hall–Kier alpha value is -2.08. The van der Waals surface area contributed by atoms with Crippen molar-refractivity contribution in [3.05, 3.63) is 40.7 Å². The summed E-state index contributed by atoms with van der Waals surface area (Å²) in [6.45, 7) is 4.80. The van der Waals surface area contributed by atoms with Crippen LogP contribution in [0.5, 0.6) is 0 Å². The Kier molecular flexibility index (Phi) is 5.81. The normalized spacial score (nSPS) is 20.5. The molecule has 6 heteroatoms. The van der Waals surface area contributed by atoms with Gasteiger partial charge in [-0.25, -0.2) is 0 Å². The van der Waals surface area contributed by atoms with Crippen LogP contribution in [0.1, 0.15) is 59.0 Å². The summed E-state index contributed by atoms with van der Waals surface area (Å²) >= 11 is 0. The number of furan rings is 1. The molecule has 0 bridgehead atoms. The summed E-state index contributed by atoms with van der Waals surface area (Å²) in [5.74, 6) is 2.29. The first-order chi connectivity index (χ1) is 12.4. The molecule has 2 heterocycles. The lowest BCUT2D eigenvalue weighted by Crippen LogP contribution is -2.45. The van der Waals surface area contributed by atoms with E-state index in [2.05, 4.69) is 29.5 Å². The van der Waals surface area contributed by atoms with Gasteiger partial charge in [-0.15, -0.1) is 0 Å². The maximum absolute atomic E-state index is 12.6. The van der Waals surface area contributed by atoms with Gasteiger partial charge >= 0.3 is 0 Å². The van der Waals surface area contributed by atoms with Crippen molar-refractivity contribution < 1.29 is 13.7 Å². The van der Waals surface area contributed by atoms with Crippen LogP contribution >= 0.6 is 0 Å². The van der Waals surface area contributed by atoms with E-state index in [1.165, 1.54) is 19.3 Å². The number of rotatable bonds is 6. The number of nitrogens with one attached hydrogen (secondary N) is 1. The molecule has 142 valence electrons. The van der Waals surface area contributed by atoms with Crippen LogP contribution in [0.25, 0.3) is 0 Å². The largest absolute Gasteiger partial charge is 0.456 e. The number of aryl methyl sites for hydroxylation is 2. The van der Waals surface area contributed by atoms with Crippen LogP contribution in [-0.2, 0) is 6.42 Å².